The molecular formula is C14H17N5S2. The normalized spacial score (nSPS) is 11.1. The van der Waals surface area contributed by atoms with Crippen molar-refractivity contribution in [1.29, 1.82) is 0 Å². The molecule has 3 aromatic rings. The van der Waals surface area contributed by atoms with Crippen LogP contribution < -0.4 is 0 Å². The van der Waals surface area contributed by atoms with Crippen molar-refractivity contribution in [2.45, 2.75) is 18.0 Å². The first-order valence-electron chi connectivity index (χ1n) is 6.77. The van der Waals surface area contributed by atoms with Gasteiger partial charge in [0, 0.05) is 26.0 Å². The van der Waals surface area contributed by atoms with Gasteiger partial charge in [-0.1, -0.05) is 17.8 Å². The molecule has 0 amide bonds. The maximum atomic E-state index is 4.29. The second-order valence-electron chi connectivity index (χ2n) is 4.82. The quantitative estimate of drug-likeness (QED) is 0.518. The second kappa shape index (κ2) is 6.44. The summed E-state index contributed by atoms with van der Waals surface area (Å²) in [4.78, 5) is 1.16. The highest BCUT2D eigenvalue weighted by molar-refractivity contribution is 7.99. The molecule has 0 unspecified atom stereocenters. The Kier molecular flexibility index (Phi) is 4.40. The lowest BCUT2D eigenvalue weighted by molar-refractivity contribution is 0.766. The summed E-state index contributed by atoms with van der Waals surface area (Å²) < 4.78 is 3.92. The highest BCUT2D eigenvalue weighted by atomic mass is 32.2. The van der Waals surface area contributed by atoms with Crippen LogP contribution in [-0.4, -0.2) is 30.3 Å². The maximum Gasteiger partial charge on any atom is 0.191 e. The van der Waals surface area contributed by atoms with Crippen LogP contribution >= 0.6 is 23.1 Å². The Hall–Kier alpha value is -1.60. The summed E-state index contributed by atoms with van der Waals surface area (Å²) in [5, 5.41) is 15.8. The molecular weight excluding hydrogens is 302 g/mol. The number of rotatable bonds is 6. The fourth-order valence-corrected chi connectivity index (χ4v) is 3.70. The zero-order valence-corrected chi connectivity index (χ0v) is 13.7. The molecule has 0 aliphatic heterocycles. The van der Waals surface area contributed by atoms with E-state index in [1.54, 1.807) is 23.1 Å². The molecule has 21 heavy (non-hydrogen) atoms. The van der Waals surface area contributed by atoms with E-state index >= 15 is 0 Å². The minimum atomic E-state index is 0.944. The third kappa shape index (κ3) is 3.36. The Morgan fingerprint density at radius 3 is 2.90 bits per heavy atom. The van der Waals surface area contributed by atoms with E-state index in [0.29, 0.717) is 0 Å². The van der Waals surface area contributed by atoms with Gasteiger partial charge in [0.1, 0.15) is 0 Å². The van der Waals surface area contributed by atoms with Gasteiger partial charge >= 0.3 is 0 Å². The summed E-state index contributed by atoms with van der Waals surface area (Å²) in [5.74, 6) is 1.98. The lowest BCUT2D eigenvalue weighted by Gasteiger charge is -2.02. The van der Waals surface area contributed by atoms with E-state index in [0.717, 1.165) is 34.5 Å². The lowest BCUT2D eigenvalue weighted by atomic mass is 10.2. The molecule has 0 fully saturated rings. The van der Waals surface area contributed by atoms with E-state index in [1.807, 2.05) is 31.0 Å². The van der Waals surface area contributed by atoms with Crippen LogP contribution in [0.25, 0.3) is 10.7 Å². The lowest BCUT2D eigenvalue weighted by Crippen LogP contribution is -1.95. The van der Waals surface area contributed by atoms with E-state index in [2.05, 4.69) is 37.5 Å². The Morgan fingerprint density at radius 2 is 2.19 bits per heavy atom. The first kappa shape index (κ1) is 14.3. The Balaban J connectivity index is 1.54. The minimum Gasteiger partial charge on any atom is -0.305 e. The molecule has 7 heteroatoms. The molecule has 0 atom stereocenters. The number of thioether (sulfide) groups is 1. The standard InChI is InChI=1S/C14H17N5S2/c1-18-10-11(9-15-18)5-3-8-21-14-17-16-13(19(14)2)12-6-4-7-20-12/h4,6-7,9-10H,3,5,8H2,1-2H3. The van der Waals surface area contributed by atoms with E-state index < -0.39 is 0 Å². The van der Waals surface area contributed by atoms with E-state index in [-0.39, 0.29) is 0 Å². The summed E-state index contributed by atoms with van der Waals surface area (Å²) in [6.07, 6.45) is 6.16. The predicted octanol–water partition coefficient (Wildman–Crippen LogP) is 3.00. The Labute approximate surface area is 132 Å². The molecule has 0 aromatic carbocycles. The molecule has 3 aromatic heterocycles. The van der Waals surface area contributed by atoms with Gasteiger partial charge in [0.25, 0.3) is 0 Å². The van der Waals surface area contributed by atoms with Crippen molar-refractivity contribution < 1.29 is 0 Å². The fourth-order valence-electron chi connectivity index (χ4n) is 2.10. The van der Waals surface area contributed by atoms with Gasteiger partial charge in [-0.3, -0.25) is 4.68 Å². The third-order valence-electron chi connectivity index (χ3n) is 3.18. The molecule has 3 heterocycles. The minimum absolute atomic E-state index is 0.944. The summed E-state index contributed by atoms with van der Waals surface area (Å²) >= 11 is 3.45. The van der Waals surface area contributed by atoms with Crippen LogP contribution in [0.3, 0.4) is 0 Å². The molecule has 110 valence electrons. The number of thiophene rings is 1. The van der Waals surface area contributed by atoms with Gasteiger partial charge < -0.3 is 4.57 Å². The number of aryl methyl sites for hydroxylation is 2. The zero-order chi connectivity index (χ0) is 14.7. The van der Waals surface area contributed by atoms with Gasteiger partial charge in [0.15, 0.2) is 11.0 Å². The van der Waals surface area contributed by atoms with Crippen molar-refractivity contribution in [1.82, 2.24) is 24.5 Å². The van der Waals surface area contributed by atoms with Crippen molar-refractivity contribution >= 4 is 23.1 Å². The molecule has 3 rings (SSSR count). The van der Waals surface area contributed by atoms with Crippen LogP contribution in [0.5, 0.6) is 0 Å². The maximum absolute atomic E-state index is 4.29. The monoisotopic (exact) mass is 319 g/mol. The molecule has 0 bridgehead atoms. The number of hydrogen-bond acceptors (Lipinski definition) is 5. The SMILES string of the molecule is Cn1cc(CCCSc2nnc(-c3cccs3)n2C)cn1. The highest BCUT2D eigenvalue weighted by Crippen LogP contribution is 2.26. The van der Waals surface area contributed by atoms with E-state index in [9.17, 15) is 0 Å². The third-order valence-corrected chi connectivity index (χ3v) is 5.15. The van der Waals surface area contributed by atoms with E-state index in [1.165, 1.54) is 5.56 Å². The van der Waals surface area contributed by atoms with Crippen molar-refractivity contribution in [3.05, 3.63) is 35.5 Å². The Bertz CT molecular complexity index is 699. The van der Waals surface area contributed by atoms with Crippen molar-refractivity contribution in [2.24, 2.45) is 14.1 Å². The van der Waals surface area contributed by atoms with Gasteiger partial charge in [-0.15, -0.1) is 21.5 Å². The molecule has 5 nitrogen and oxygen atoms in total. The second-order valence-corrected chi connectivity index (χ2v) is 6.83. The smallest absolute Gasteiger partial charge is 0.191 e. The first-order valence-corrected chi connectivity index (χ1v) is 8.64. The molecule has 0 spiro atoms. The average molecular weight is 319 g/mol. The van der Waals surface area contributed by atoms with E-state index in [4.69, 9.17) is 0 Å². The summed E-state index contributed by atoms with van der Waals surface area (Å²) in [6.45, 7) is 0. The fraction of sp³-hybridized carbons (Fsp3) is 0.357. The highest BCUT2D eigenvalue weighted by Gasteiger charge is 2.11. The average Bonchev–Trinajstić information content (AvgIpc) is 3.17. The van der Waals surface area contributed by atoms with Gasteiger partial charge in [-0.2, -0.15) is 5.10 Å². The number of hydrogen-bond donors (Lipinski definition) is 0. The van der Waals surface area contributed by atoms with Gasteiger partial charge in [0.2, 0.25) is 0 Å². The predicted molar refractivity (Wildman–Crippen MR) is 86.6 cm³/mol. The molecule has 0 radical (unpaired) electrons. The molecule has 0 N–H and O–H groups in total. The van der Waals surface area contributed by atoms with Crippen LogP contribution in [0.15, 0.2) is 35.1 Å². The largest absolute Gasteiger partial charge is 0.305 e. The van der Waals surface area contributed by atoms with Crippen LogP contribution in [0.4, 0.5) is 0 Å². The van der Waals surface area contributed by atoms with Gasteiger partial charge in [0.05, 0.1) is 11.1 Å². The van der Waals surface area contributed by atoms with Crippen LogP contribution in [0.1, 0.15) is 12.0 Å². The topological polar surface area (TPSA) is 48.5 Å². The Morgan fingerprint density at radius 1 is 1.29 bits per heavy atom. The number of aromatic nitrogens is 5. The summed E-state index contributed by atoms with van der Waals surface area (Å²) in [6, 6.07) is 4.11. The van der Waals surface area contributed by atoms with Crippen molar-refractivity contribution in [3.63, 3.8) is 0 Å². The number of nitrogens with zero attached hydrogens (tertiary/aromatic N) is 5. The van der Waals surface area contributed by atoms with Crippen LogP contribution in [-0.2, 0) is 20.5 Å². The summed E-state index contributed by atoms with van der Waals surface area (Å²) in [7, 11) is 3.97. The van der Waals surface area contributed by atoms with Gasteiger partial charge in [-0.25, -0.2) is 0 Å². The molecule has 0 saturated heterocycles. The van der Waals surface area contributed by atoms with Crippen LogP contribution in [0, 0.1) is 0 Å². The molecule has 0 aliphatic carbocycles. The van der Waals surface area contributed by atoms with Crippen molar-refractivity contribution in [3.8, 4) is 10.7 Å². The van der Waals surface area contributed by atoms with Gasteiger partial charge in [-0.05, 0) is 29.9 Å². The van der Waals surface area contributed by atoms with Crippen molar-refractivity contribution in [2.75, 3.05) is 5.75 Å². The summed E-state index contributed by atoms with van der Waals surface area (Å²) in [5.41, 5.74) is 1.29. The zero-order valence-electron chi connectivity index (χ0n) is 12.1. The molecule has 0 aliphatic rings. The van der Waals surface area contributed by atoms with Crippen LogP contribution in [0.2, 0.25) is 0 Å². The first-order chi connectivity index (χ1) is 10.2. The molecule has 0 saturated carbocycles.